The number of carbonyl (C=O) groups excluding carboxylic acids is 1. The molecule has 0 aliphatic rings. The van der Waals surface area contributed by atoms with Crippen LogP contribution in [0.25, 0.3) is 0 Å². The second kappa shape index (κ2) is 10.5. The van der Waals surface area contributed by atoms with Crippen LogP contribution in [0.15, 0.2) is 0 Å². The summed E-state index contributed by atoms with van der Waals surface area (Å²) >= 11 is 0. The molecule has 0 aliphatic heterocycles. The van der Waals surface area contributed by atoms with E-state index in [4.69, 9.17) is 0 Å². The minimum Gasteiger partial charge on any atom is -0.370 e. The average Bonchev–Trinajstić information content (AvgIpc) is 2.06. The van der Waals surface area contributed by atoms with Crippen LogP contribution in [-0.4, -0.2) is 5.91 Å². The fraction of sp³-hybridized carbons (Fsp3) is 0.900. The molecule has 0 aromatic heterocycles. The lowest BCUT2D eigenvalue weighted by Crippen LogP contribution is -2.06. The predicted octanol–water partition coefficient (Wildman–Crippen LogP) is 2.96. The predicted molar refractivity (Wildman–Crippen MR) is 56.0 cm³/mol. The van der Waals surface area contributed by atoms with E-state index < -0.39 is 0 Å². The van der Waals surface area contributed by atoms with Crippen LogP contribution < -0.4 is 5.73 Å². The molecule has 0 heterocycles. The standard InChI is InChI=1S/C7H16.C3H7NO.H2/c1-4-6-7(3)5-2;1-2-3(4)5;/h7H,4-6H2,1-3H3;2H2,1H3,(H2,4,5);1H. The van der Waals surface area contributed by atoms with Crippen molar-refractivity contribution in [2.24, 2.45) is 11.7 Å². The van der Waals surface area contributed by atoms with Crippen LogP contribution in [0.2, 0.25) is 0 Å². The minimum atomic E-state index is -0.245. The highest BCUT2D eigenvalue weighted by atomic mass is 16.1. The SMILES string of the molecule is CCC(N)=O.CCCC(C)CC.[HH]. The van der Waals surface area contributed by atoms with Gasteiger partial charge in [0.1, 0.15) is 0 Å². The Morgan fingerprint density at radius 1 is 1.42 bits per heavy atom. The molecular formula is C10H25NO. The molecule has 0 aliphatic carbocycles. The first-order valence-electron chi connectivity index (χ1n) is 4.86. The molecule has 0 rings (SSSR count). The zero-order valence-corrected chi connectivity index (χ0v) is 8.89. The fourth-order valence-electron chi connectivity index (χ4n) is 0.697. The van der Waals surface area contributed by atoms with Crippen molar-refractivity contribution in [3.8, 4) is 0 Å². The average molecular weight is 175 g/mol. The number of nitrogens with two attached hydrogens (primary N) is 1. The molecule has 0 saturated heterocycles. The Labute approximate surface area is 78.0 Å². The van der Waals surface area contributed by atoms with Gasteiger partial charge in [-0.2, -0.15) is 0 Å². The van der Waals surface area contributed by atoms with E-state index in [1.165, 1.54) is 19.3 Å². The van der Waals surface area contributed by atoms with E-state index >= 15 is 0 Å². The van der Waals surface area contributed by atoms with Crippen LogP contribution in [0, 0.1) is 5.92 Å². The first kappa shape index (κ1) is 14.0. The molecule has 0 aromatic rings. The van der Waals surface area contributed by atoms with Gasteiger partial charge < -0.3 is 5.73 Å². The smallest absolute Gasteiger partial charge is 0.217 e. The monoisotopic (exact) mass is 175 g/mol. The summed E-state index contributed by atoms with van der Waals surface area (Å²) in [4.78, 5) is 9.59. The molecule has 1 atom stereocenters. The maximum absolute atomic E-state index is 9.59. The molecule has 12 heavy (non-hydrogen) atoms. The highest BCUT2D eigenvalue weighted by Crippen LogP contribution is 2.07. The molecule has 0 fully saturated rings. The second-order valence-corrected chi connectivity index (χ2v) is 3.12. The summed E-state index contributed by atoms with van der Waals surface area (Å²) in [7, 11) is 0. The van der Waals surface area contributed by atoms with Crippen LogP contribution in [-0.2, 0) is 4.79 Å². The van der Waals surface area contributed by atoms with Crippen LogP contribution in [0.4, 0.5) is 0 Å². The molecule has 0 spiro atoms. The Hall–Kier alpha value is -0.530. The molecule has 1 unspecified atom stereocenters. The van der Waals surface area contributed by atoms with Crippen molar-refractivity contribution in [2.75, 3.05) is 0 Å². The van der Waals surface area contributed by atoms with Gasteiger partial charge in [0.25, 0.3) is 0 Å². The highest BCUT2D eigenvalue weighted by molar-refractivity contribution is 5.73. The minimum absolute atomic E-state index is 0. The first-order chi connectivity index (χ1) is 5.58. The molecule has 2 N–H and O–H groups in total. The van der Waals surface area contributed by atoms with Gasteiger partial charge in [0.15, 0.2) is 0 Å². The third-order valence-corrected chi connectivity index (χ3v) is 1.83. The first-order valence-corrected chi connectivity index (χ1v) is 4.86. The van der Waals surface area contributed by atoms with Gasteiger partial charge in [-0.3, -0.25) is 4.79 Å². The Balaban J connectivity index is -0.000000150. The molecular weight excluding hydrogens is 150 g/mol. The molecule has 76 valence electrons. The van der Waals surface area contributed by atoms with Crippen molar-refractivity contribution in [3.63, 3.8) is 0 Å². The lowest BCUT2D eigenvalue weighted by molar-refractivity contribution is -0.117. The van der Waals surface area contributed by atoms with E-state index in [-0.39, 0.29) is 7.33 Å². The van der Waals surface area contributed by atoms with Gasteiger partial charge in [0.05, 0.1) is 0 Å². The maximum Gasteiger partial charge on any atom is 0.217 e. The highest BCUT2D eigenvalue weighted by Gasteiger charge is 1.92. The molecule has 0 bridgehead atoms. The van der Waals surface area contributed by atoms with Crippen LogP contribution >= 0.6 is 0 Å². The zero-order valence-electron chi connectivity index (χ0n) is 8.89. The van der Waals surface area contributed by atoms with E-state index in [1.807, 2.05) is 0 Å². The summed E-state index contributed by atoms with van der Waals surface area (Å²) in [5.74, 6) is 0.704. The van der Waals surface area contributed by atoms with Gasteiger partial charge in [-0.05, 0) is 5.92 Å². The summed E-state index contributed by atoms with van der Waals surface area (Å²) < 4.78 is 0. The number of hydrogen-bond acceptors (Lipinski definition) is 1. The van der Waals surface area contributed by atoms with Crippen molar-refractivity contribution < 1.29 is 6.22 Å². The zero-order chi connectivity index (χ0) is 9.98. The van der Waals surface area contributed by atoms with Crippen LogP contribution in [0.5, 0.6) is 0 Å². The third kappa shape index (κ3) is 16.2. The van der Waals surface area contributed by atoms with Crippen molar-refractivity contribution in [1.29, 1.82) is 0 Å². The Morgan fingerprint density at radius 2 is 1.83 bits per heavy atom. The molecule has 0 saturated carbocycles. The van der Waals surface area contributed by atoms with Gasteiger partial charge in [-0.1, -0.05) is 47.0 Å². The number of hydrogen-bond donors (Lipinski definition) is 1. The Kier molecular flexibility index (Phi) is 12.2. The maximum atomic E-state index is 9.59. The molecule has 2 heteroatoms. The summed E-state index contributed by atoms with van der Waals surface area (Å²) in [5, 5.41) is 0. The lowest BCUT2D eigenvalue weighted by Gasteiger charge is -2.02. The van der Waals surface area contributed by atoms with Gasteiger partial charge in [0.2, 0.25) is 5.91 Å². The van der Waals surface area contributed by atoms with Gasteiger partial charge in [-0.25, -0.2) is 0 Å². The lowest BCUT2D eigenvalue weighted by atomic mass is 10.0. The van der Waals surface area contributed by atoms with Crippen molar-refractivity contribution >= 4 is 5.91 Å². The van der Waals surface area contributed by atoms with Gasteiger partial charge in [0, 0.05) is 7.85 Å². The second-order valence-electron chi connectivity index (χ2n) is 3.12. The van der Waals surface area contributed by atoms with E-state index in [0.29, 0.717) is 6.42 Å². The summed E-state index contributed by atoms with van der Waals surface area (Å²) in [6, 6.07) is 0. The number of rotatable bonds is 4. The Morgan fingerprint density at radius 3 is 1.92 bits per heavy atom. The van der Waals surface area contributed by atoms with E-state index in [2.05, 4.69) is 26.5 Å². The molecule has 0 radical (unpaired) electrons. The number of primary amides is 1. The van der Waals surface area contributed by atoms with E-state index in [9.17, 15) is 4.79 Å². The van der Waals surface area contributed by atoms with Crippen molar-refractivity contribution in [3.05, 3.63) is 0 Å². The number of carbonyl (C=O) groups is 1. The quantitative estimate of drug-likeness (QED) is 0.701. The third-order valence-electron chi connectivity index (χ3n) is 1.83. The normalized spacial score (nSPS) is 11.3. The molecule has 1 amide bonds. The van der Waals surface area contributed by atoms with Crippen LogP contribution in [0.3, 0.4) is 0 Å². The van der Waals surface area contributed by atoms with Crippen molar-refractivity contribution in [2.45, 2.75) is 53.4 Å². The fourth-order valence-corrected chi connectivity index (χ4v) is 0.697. The van der Waals surface area contributed by atoms with Crippen LogP contribution in [0.1, 0.15) is 54.8 Å². The van der Waals surface area contributed by atoms with E-state index in [1.54, 1.807) is 6.92 Å². The summed E-state index contributed by atoms with van der Waals surface area (Å²) in [5.41, 5.74) is 4.65. The van der Waals surface area contributed by atoms with Gasteiger partial charge in [-0.15, -0.1) is 0 Å². The Bertz CT molecular complexity index is 107. The largest absolute Gasteiger partial charge is 0.370 e. The van der Waals surface area contributed by atoms with Gasteiger partial charge >= 0.3 is 0 Å². The number of amides is 1. The summed E-state index contributed by atoms with van der Waals surface area (Å²) in [6.45, 7) is 8.53. The summed E-state index contributed by atoms with van der Waals surface area (Å²) in [6.07, 6.45) is 4.53. The molecule has 0 aromatic carbocycles. The van der Waals surface area contributed by atoms with E-state index in [0.717, 1.165) is 5.92 Å². The topological polar surface area (TPSA) is 43.1 Å². The van der Waals surface area contributed by atoms with Crippen molar-refractivity contribution in [1.82, 2.24) is 0 Å². The molecule has 2 nitrogen and oxygen atoms in total.